The van der Waals surface area contributed by atoms with Gasteiger partial charge in [-0.3, -0.25) is 0 Å². The molecule has 0 spiro atoms. The minimum absolute atomic E-state index is 0.0916. The van der Waals surface area contributed by atoms with Crippen LogP contribution in [0.5, 0.6) is 5.75 Å². The summed E-state index contributed by atoms with van der Waals surface area (Å²) in [5.74, 6) is 1.15. The number of aromatic nitrogens is 2. The molecule has 8 aromatic carbocycles. The first-order chi connectivity index (χ1) is 28.1. The van der Waals surface area contributed by atoms with Crippen LogP contribution in [-0.2, 0) is 0 Å². The van der Waals surface area contributed by atoms with Gasteiger partial charge in [0.15, 0.2) is 0 Å². The lowest BCUT2D eigenvalue weighted by Gasteiger charge is -2.13. The third-order valence-electron chi connectivity index (χ3n) is 12.2. The molecule has 0 N–H and O–H groups in total. The number of nitrogens with zero attached hydrogens (tertiary/aromatic N) is 2. The summed E-state index contributed by atoms with van der Waals surface area (Å²) in [7, 11) is 0. The van der Waals surface area contributed by atoms with Gasteiger partial charge in [0.1, 0.15) is 23.0 Å². The molecule has 0 aliphatic carbocycles. The van der Waals surface area contributed by atoms with Crippen molar-refractivity contribution in [3.63, 3.8) is 0 Å². The van der Waals surface area contributed by atoms with Crippen molar-refractivity contribution in [2.75, 3.05) is 0 Å². The van der Waals surface area contributed by atoms with Crippen LogP contribution in [0.4, 0.5) is 0 Å². The van der Waals surface area contributed by atoms with Crippen molar-refractivity contribution < 1.29 is 9.15 Å². The summed E-state index contributed by atoms with van der Waals surface area (Å²) in [6.45, 7) is 6.21. The topological polar surface area (TPSA) is 32.2 Å². The van der Waals surface area contributed by atoms with E-state index in [1.54, 1.807) is 0 Å². The van der Waals surface area contributed by atoms with Gasteiger partial charge in [0.25, 0.3) is 0 Å². The van der Waals surface area contributed by atoms with E-state index < -0.39 is 0 Å². The fourth-order valence-corrected chi connectivity index (χ4v) is 9.48. The highest BCUT2D eigenvalue weighted by Gasteiger charge is 2.29. The van der Waals surface area contributed by atoms with E-state index in [1.807, 2.05) is 18.2 Å². The Kier molecular flexibility index (Phi) is 6.79. The van der Waals surface area contributed by atoms with Gasteiger partial charge in [0.05, 0.1) is 22.1 Å². The quantitative estimate of drug-likeness (QED) is 0.165. The maximum absolute atomic E-state index is 6.14. The highest BCUT2D eigenvalue weighted by molar-refractivity contribution is 6.12. The van der Waals surface area contributed by atoms with Crippen LogP contribution in [-0.4, -0.2) is 15.2 Å². The molecule has 4 heteroatoms. The molecule has 270 valence electrons. The van der Waals surface area contributed by atoms with Crippen LogP contribution in [0.15, 0.2) is 187 Å². The lowest BCUT2D eigenvalue weighted by atomic mass is 9.93. The van der Waals surface area contributed by atoms with Gasteiger partial charge < -0.3 is 18.3 Å². The third kappa shape index (κ3) is 4.74. The number of benzene rings is 8. The summed E-state index contributed by atoms with van der Waals surface area (Å²) < 4.78 is 17.1. The van der Waals surface area contributed by atoms with E-state index in [1.165, 1.54) is 71.4 Å². The molecule has 1 aliphatic heterocycles. The number of para-hydroxylation sites is 3. The van der Waals surface area contributed by atoms with Crippen molar-refractivity contribution in [1.82, 2.24) is 9.13 Å². The lowest BCUT2D eigenvalue weighted by Crippen LogP contribution is -2.11. The number of ether oxygens (including phenoxy) is 1. The first kappa shape index (κ1) is 32.0. The van der Waals surface area contributed by atoms with Crippen LogP contribution < -0.4 is 4.74 Å². The fraction of sp³-hybridized carbons (Fsp3) is 0.0566. The minimum Gasteiger partial charge on any atom is -0.489 e. The first-order valence-corrected chi connectivity index (χ1v) is 19.6. The summed E-state index contributed by atoms with van der Waals surface area (Å²) in [6, 6.07) is 61.6. The molecular weight excluding hydrogens is 697 g/mol. The van der Waals surface area contributed by atoms with Crippen molar-refractivity contribution in [3.05, 3.63) is 188 Å². The lowest BCUT2D eigenvalue weighted by molar-refractivity contribution is 0.241. The molecule has 4 nitrogen and oxygen atoms in total. The van der Waals surface area contributed by atoms with Crippen LogP contribution in [0.2, 0.25) is 0 Å². The van der Waals surface area contributed by atoms with E-state index in [0.717, 1.165) is 39.1 Å². The van der Waals surface area contributed by atoms with Crippen LogP contribution in [0.1, 0.15) is 18.4 Å². The zero-order chi connectivity index (χ0) is 37.8. The zero-order valence-electron chi connectivity index (χ0n) is 31.3. The fourth-order valence-electron chi connectivity index (χ4n) is 9.48. The Morgan fingerprint density at radius 2 is 0.965 bits per heavy atom. The Morgan fingerprint density at radius 3 is 1.61 bits per heavy atom. The molecule has 1 aliphatic rings. The van der Waals surface area contributed by atoms with Gasteiger partial charge in [-0.25, -0.2) is 0 Å². The minimum atomic E-state index is 0.0916. The standard InChI is InChI=1S/C53H36N2O2/c1-3-39-32(2)56-52-25-21-35(29-45(39)52)33-19-23-49-43(27-33)40-13-4-7-16-47(40)54(49)37-11-10-12-38(31-37)55-48-17-8-5-14-41(48)44-28-34(20-24-50(44)55)36-22-26-53-46(30-36)42-15-6-9-18-51(42)57-53/h3-32,39H,1H2,2H3. The van der Waals surface area contributed by atoms with Gasteiger partial charge in [0.2, 0.25) is 0 Å². The van der Waals surface area contributed by atoms with Gasteiger partial charge in [-0.15, -0.1) is 6.58 Å². The summed E-state index contributed by atoms with van der Waals surface area (Å²) in [5.41, 5.74) is 14.7. The average molecular weight is 733 g/mol. The van der Waals surface area contributed by atoms with E-state index in [2.05, 4.69) is 180 Å². The molecule has 0 bridgehead atoms. The molecule has 2 atom stereocenters. The van der Waals surface area contributed by atoms with Crippen LogP contribution in [0, 0.1) is 0 Å². The van der Waals surface area contributed by atoms with Gasteiger partial charge in [-0.2, -0.15) is 0 Å². The number of hydrogen-bond acceptors (Lipinski definition) is 2. The molecule has 0 amide bonds. The van der Waals surface area contributed by atoms with E-state index in [9.17, 15) is 0 Å². The number of furan rings is 1. The molecule has 0 saturated heterocycles. The highest BCUT2D eigenvalue weighted by atomic mass is 16.5. The molecule has 0 radical (unpaired) electrons. The van der Waals surface area contributed by atoms with Crippen molar-refractivity contribution in [3.8, 4) is 39.4 Å². The van der Waals surface area contributed by atoms with E-state index in [0.29, 0.717) is 0 Å². The SMILES string of the molecule is C=CC1c2cc(-c3ccc4c(c3)c3ccccc3n4-c3cccc(-n4c5ccccc5c5cc(-c6ccc7oc8ccccc8c7c6)ccc54)c3)ccc2OC1C. The summed E-state index contributed by atoms with van der Waals surface area (Å²) in [6.07, 6.45) is 2.10. The van der Waals surface area contributed by atoms with Crippen LogP contribution in [0.25, 0.3) is 99.2 Å². The average Bonchev–Trinajstić information content (AvgIpc) is 3.99. The molecular formula is C53H36N2O2. The Morgan fingerprint density at radius 1 is 0.456 bits per heavy atom. The summed E-state index contributed by atoms with van der Waals surface area (Å²) in [4.78, 5) is 0. The second-order valence-electron chi connectivity index (χ2n) is 15.3. The largest absolute Gasteiger partial charge is 0.489 e. The molecule has 12 rings (SSSR count). The maximum atomic E-state index is 6.14. The monoisotopic (exact) mass is 732 g/mol. The Hall–Kier alpha value is -7.30. The van der Waals surface area contributed by atoms with E-state index >= 15 is 0 Å². The normalized spacial score (nSPS) is 15.3. The van der Waals surface area contributed by atoms with Gasteiger partial charge in [-0.1, -0.05) is 91.0 Å². The van der Waals surface area contributed by atoms with Gasteiger partial charge in [0, 0.05) is 55.2 Å². The van der Waals surface area contributed by atoms with E-state index in [-0.39, 0.29) is 12.0 Å². The molecule has 0 fully saturated rings. The predicted molar refractivity (Wildman–Crippen MR) is 236 cm³/mol. The van der Waals surface area contributed by atoms with Crippen molar-refractivity contribution in [1.29, 1.82) is 0 Å². The van der Waals surface area contributed by atoms with E-state index in [4.69, 9.17) is 9.15 Å². The Bertz CT molecular complexity index is 3450. The molecule has 11 aromatic rings. The third-order valence-corrected chi connectivity index (χ3v) is 12.2. The second-order valence-corrected chi connectivity index (χ2v) is 15.3. The first-order valence-electron chi connectivity index (χ1n) is 19.6. The number of rotatable bonds is 5. The van der Waals surface area contributed by atoms with Crippen molar-refractivity contribution >= 4 is 65.6 Å². The summed E-state index contributed by atoms with van der Waals surface area (Å²) in [5, 5.41) is 7.19. The zero-order valence-corrected chi connectivity index (χ0v) is 31.3. The van der Waals surface area contributed by atoms with Crippen LogP contribution in [0.3, 0.4) is 0 Å². The second kappa shape index (κ2) is 12.1. The summed E-state index contributed by atoms with van der Waals surface area (Å²) >= 11 is 0. The number of fused-ring (bicyclic) bond motifs is 10. The molecule has 3 aromatic heterocycles. The molecule has 57 heavy (non-hydrogen) atoms. The predicted octanol–water partition coefficient (Wildman–Crippen LogP) is 14.2. The highest BCUT2D eigenvalue weighted by Crippen LogP contribution is 2.43. The Labute approximate surface area is 329 Å². The molecule has 4 heterocycles. The molecule has 0 saturated carbocycles. The molecule has 2 unspecified atom stereocenters. The van der Waals surface area contributed by atoms with Crippen molar-refractivity contribution in [2.24, 2.45) is 0 Å². The van der Waals surface area contributed by atoms with Crippen molar-refractivity contribution in [2.45, 2.75) is 18.9 Å². The number of hydrogen-bond donors (Lipinski definition) is 0. The smallest absolute Gasteiger partial charge is 0.135 e. The van der Waals surface area contributed by atoms with Crippen LogP contribution >= 0.6 is 0 Å². The Balaban J connectivity index is 0.990. The van der Waals surface area contributed by atoms with Gasteiger partial charge in [-0.05, 0) is 114 Å². The van der Waals surface area contributed by atoms with Gasteiger partial charge >= 0.3 is 0 Å². The maximum Gasteiger partial charge on any atom is 0.135 e.